The van der Waals surface area contributed by atoms with E-state index in [4.69, 9.17) is 4.74 Å². The number of morpholine rings is 1. The van der Waals surface area contributed by atoms with E-state index in [1.54, 1.807) is 9.80 Å². The molecular weight excluding hydrogens is 453 g/mol. The molecule has 1 spiro atoms. The number of fused-ring (bicyclic) bond motifs is 1. The second-order valence-electron chi connectivity index (χ2n) is 9.42. The zero-order chi connectivity index (χ0) is 23.6. The van der Waals surface area contributed by atoms with E-state index >= 15 is 0 Å². The normalized spacial score (nSPS) is 27.5. The number of amides is 3. The van der Waals surface area contributed by atoms with E-state index in [9.17, 15) is 31.5 Å². The summed E-state index contributed by atoms with van der Waals surface area (Å²) in [6.07, 6.45) is -3.17. The van der Waals surface area contributed by atoms with Crippen LogP contribution in [0.3, 0.4) is 0 Å². The third kappa shape index (κ3) is 3.89. The standard InChI is InChI=1S/C20H22F5N5O3/c21-19(22,16-26-5-12(6-27-16)20(23,24)25)11-3-18(4-11)9-30(10-18)17(32)29-2-1-14-13(7-29)28-15(31)8-33-14/h5-6,11,13-14H,1-4,7-10H2,(H,28,31)/t13-,14+/m1/s1. The van der Waals surface area contributed by atoms with Gasteiger partial charge in [-0.05, 0) is 19.3 Å². The van der Waals surface area contributed by atoms with Crippen molar-refractivity contribution in [1.29, 1.82) is 0 Å². The van der Waals surface area contributed by atoms with Gasteiger partial charge < -0.3 is 19.9 Å². The fraction of sp³-hybridized carbons (Fsp3) is 0.700. The molecule has 0 unspecified atom stereocenters. The number of rotatable bonds is 2. The molecule has 5 rings (SSSR count). The van der Waals surface area contributed by atoms with Crippen LogP contribution in [-0.4, -0.2) is 76.6 Å². The van der Waals surface area contributed by atoms with Crippen molar-refractivity contribution in [1.82, 2.24) is 25.1 Å². The average molecular weight is 475 g/mol. The highest BCUT2D eigenvalue weighted by Gasteiger charge is 2.62. The Hall–Kier alpha value is -2.57. The molecule has 4 aliphatic rings. The number of carbonyl (C=O) groups is 2. The first-order valence-electron chi connectivity index (χ1n) is 10.7. The Labute approximate surface area is 185 Å². The van der Waals surface area contributed by atoms with Gasteiger partial charge in [-0.25, -0.2) is 14.8 Å². The average Bonchev–Trinajstić information content (AvgIpc) is 2.70. The van der Waals surface area contributed by atoms with Crippen LogP contribution >= 0.6 is 0 Å². The van der Waals surface area contributed by atoms with Gasteiger partial charge in [-0.1, -0.05) is 0 Å². The molecule has 1 aromatic heterocycles. The van der Waals surface area contributed by atoms with Crippen LogP contribution in [0.15, 0.2) is 12.4 Å². The van der Waals surface area contributed by atoms with Crippen LogP contribution in [0, 0.1) is 11.3 Å². The second-order valence-corrected chi connectivity index (χ2v) is 9.42. The Morgan fingerprint density at radius 3 is 2.42 bits per heavy atom. The number of aromatic nitrogens is 2. The van der Waals surface area contributed by atoms with Gasteiger partial charge in [0.25, 0.3) is 0 Å². The van der Waals surface area contributed by atoms with Crippen LogP contribution in [0.1, 0.15) is 30.7 Å². The highest BCUT2D eigenvalue weighted by Crippen LogP contribution is 2.58. The van der Waals surface area contributed by atoms with Crippen molar-refractivity contribution >= 4 is 11.9 Å². The Morgan fingerprint density at radius 2 is 1.79 bits per heavy atom. The van der Waals surface area contributed by atoms with Gasteiger partial charge in [0.2, 0.25) is 5.91 Å². The summed E-state index contributed by atoms with van der Waals surface area (Å²) in [5.41, 5.74) is -1.58. The lowest BCUT2D eigenvalue weighted by atomic mass is 9.56. The predicted octanol–water partition coefficient (Wildman–Crippen LogP) is 2.01. The zero-order valence-electron chi connectivity index (χ0n) is 17.4. The molecule has 0 radical (unpaired) electrons. The number of likely N-dealkylation sites (tertiary alicyclic amines) is 2. The number of halogens is 5. The molecule has 1 aromatic rings. The lowest BCUT2D eigenvalue weighted by Crippen LogP contribution is -2.69. The molecule has 3 aliphatic heterocycles. The van der Waals surface area contributed by atoms with E-state index in [0.717, 1.165) is 0 Å². The second kappa shape index (κ2) is 7.47. The number of piperidine rings is 1. The van der Waals surface area contributed by atoms with Crippen molar-refractivity contribution in [2.75, 3.05) is 32.8 Å². The fourth-order valence-corrected chi connectivity index (χ4v) is 5.30. The van der Waals surface area contributed by atoms with E-state index in [2.05, 4.69) is 15.3 Å². The van der Waals surface area contributed by atoms with E-state index in [1.165, 1.54) is 0 Å². The van der Waals surface area contributed by atoms with Gasteiger partial charge in [0.15, 0.2) is 5.82 Å². The molecular formula is C20H22F5N5O3. The summed E-state index contributed by atoms with van der Waals surface area (Å²) in [7, 11) is 0. The first-order valence-corrected chi connectivity index (χ1v) is 10.7. The molecule has 1 saturated carbocycles. The molecule has 4 fully saturated rings. The van der Waals surface area contributed by atoms with Gasteiger partial charge in [0.05, 0.1) is 17.7 Å². The minimum Gasteiger partial charge on any atom is -0.366 e. The molecule has 3 saturated heterocycles. The molecule has 8 nitrogen and oxygen atoms in total. The molecule has 2 atom stereocenters. The maximum atomic E-state index is 14.7. The lowest BCUT2D eigenvalue weighted by molar-refractivity contribution is -0.182. The van der Waals surface area contributed by atoms with Crippen molar-refractivity contribution in [3.63, 3.8) is 0 Å². The number of hydrogen-bond acceptors (Lipinski definition) is 5. The minimum atomic E-state index is -4.69. The van der Waals surface area contributed by atoms with Crippen LogP contribution < -0.4 is 5.32 Å². The third-order valence-corrected chi connectivity index (χ3v) is 7.07. The van der Waals surface area contributed by atoms with Crippen molar-refractivity contribution < 1.29 is 36.3 Å². The van der Waals surface area contributed by atoms with Gasteiger partial charge in [-0.3, -0.25) is 4.79 Å². The predicted molar refractivity (Wildman–Crippen MR) is 101 cm³/mol. The van der Waals surface area contributed by atoms with E-state index in [-0.39, 0.29) is 43.5 Å². The summed E-state index contributed by atoms with van der Waals surface area (Å²) < 4.78 is 72.8. The SMILES string of the molecule is O=C1CO[C@H]2CCN(C(=O)N3CC4(CC(C(F)(F)c5ncc(C(F)(F)F)cn5)C4)C3)C[C@H]2N1. The van der Waals surface area contributed by atoms with Crippen LogP contribution in [-0.2, 0) is 21.6 Å². The Kier molecular flexibility index (Phi) is 5.03. The summed E-state index contributed by atoms with van der Waals surface area (Å²) in [4.78, 5) is 34.1. The molecule has 3 amide bonds. The van der Waals surface area contributed by atoms with Crippen LogP contribution in [0.25, 0.3) is 0 Å². The van der Waals surface area contributed by atoms with Crippen molar-refractivity contribution in [2.45, 2.75) is 43.5 Å². The topological polar surface area (TPSA) is 87.7 Å². The molecule has 0 aromatic carbocycles. The van der Waals surface area contributed by atoms with E-state index in [1.807, 2.05) is 0 Å². The number of nitrogens with one attached hydrogen (secondary N) is 1. The smallest absolute Gasteiger partial charge is 0.366 e. The summed E-state index contributed by atoms with van der Waals surface area (Å²) >= 11 is 0. The van der Waals surface area contributed by atoms with E-state index < -0.39 is 34.8 Å². The number of carbonyl (C=O) groups excluding carboxylic acids is 2. The van der Waals surface area contributed by atoms with Gasteiger partial charge in [-0.2, -0.15) is 22.0 Å². The molecule has 180 valence electrons. The largest absolute Gasteiger partial charge is 0.419 e. The molecule has 1 aliphatic carbocycles. The lowest BCUT2D eigenvalue weighted by Gasteiger charge is -2.60. The zero-order valence-corrected chi connectivity index (χ0v) is 17.4. The number of ether oxygens (including phenoxy) is 1. The monoisotopic (exact) mass is 475 g/mol. The first kappa shape index (κ1) is 22.2. The number of hydrogen-bond donors (Lipinski definition) is 1. The summed E-state index contributed by atoms with van der Waals surface area (Å²) in [5.74, 6) is -5.66. The summed E-state index contributed by atoms with van der Waals surface area (Å²) in [6.45, 7) is 1.54. The van der Waals surface area contributed by atoms with Crippen LogP contribution in [0.4, 0.5) is 26.7 Å². The molecule has 0 bridgehead atoms. The van der Waals surface area contributed by atoms with Gasteiger partial charge in [0, 0.05) is 49.9 Å². The van der Waals surface area contributed by atoms with Gasteiger partial charge in [0.1, 0.15) is 6.61 Å². The Morgan fingerprint density at radius 1 is 1.12 bits per heavy atom. The van der Waals surface area contributed by atoms with E-state index in [0.29, 0.717) is 45.0 Å². The molecule has 13 heteroatoms. The first-order chi connectivity index (χ1) is 15.5. The highest BCUT2D eigenvalue weighted by atomic mass is 19.4. The molecule has 4 heterocycles. The Balaban J connectivity index is 1.14. The van der Waals surface area contributed by atoms with Crippen molar-refractivity contribution in [2.24, 2.45) is 11.3 Å². The van der Waals surface area contributed by atoms with Crippen molar-refractivity contribution in [3.05, 3.63) is 23.8 Å². The quantitative estimate of drug-likeness (QED) is 0.662. The Bertz CT molecular complexity index is 942. The summed E-state index contributed by atoms with van der Waals surface area (Å²) in [5, 5.41) is 2.83. The van der Waals surface area contributed by atoms with Gasteiger partial charge >= 0.3 is 18.1 Å². The number of urea groups is 1. The van der Waals surface area contributed by atoms with Crippen LogP contribution in [0.2, 0.25) is 0 Å². The fourth-order valence-electron chi connectivity index (χ4n) is 5.30. The summed E-state index contributed by atoms with van der Waals surface area (Å²) in [6, 6.07) is -0.449. The molecule has 33 heavy (non-hydrogen) atoms. The maximum Gasteiger partial charge on any atom is 0.419 e. The third-order valence-electron chi connectivity index (χ3n) is 7.07. The number of nitrogens with zero attached hydrogens (tertiary/aromatic N) is 4. The van der Waals surface area contributed by atoms with Crippen LogP contribution in [0.5, 0.6) is 0 Å². The van der Waals surface area contributed by atoms with Gasteiger partial charge in [-0.15, -0.1) is 0 Å². The van der Waals surface area contributed by atoms with Crippen molar-refractivity contribution in [3.8, 4) is 0 Å². The maximum absolute atomic E-state index is 14.7. The minimum absolute atomic E-state index is 0.0209. The highest BCUT2D eigenvalue weighted by molar-refractivity contribution is 5.79. The molecule has 1 N–H and O–H groups in total. The number of alkyl halides is 5.